The molecule has 0 aromatic carbocycles. The third-order valence-electron chi connectivity index (χ3n) is 3.43. The molecule has 1 heterocycles. The van der Waals surface area contributed by atoms with E-state index in [0.29, 0.717) is 11.4 Å². The molecule has 19 heavy (non-hydrogen) atoms. The summed E-state index contributed by atoms with van der Waals surface area (Å²) in [6.45, 7) is 0.445. The maximum atomic E-state index is 11.9. The minimum atomic E-state index is -1.02. The average Bonchev–Trinajstić information content (AvgIpc) is 2.87. The predicted octanol–water partition coefficient (Wildman–Crippen LogP) is 1.73. The van der Waals surface area contributed by atoms with Gasteiger partial charge in [-0.05, 0) is 25.0 Å². The second-order valence-corrected chi connectivity index (χ2v) is 5.87. The van der Waals surface area contributed by atoms with Crippen LogP contribution in [0.3, 0.4) is 0 Å². The number of carboxylic acid groups (broad SMARTS) is 1. The first-order chi connectivity index (χ1) is 9.08. The molecule has 0 bridgehead atoms. The molecule has 3 N–H and O–H groups in total. The molecule has 1 aromatic rings. The van der Waals surface area contributed by atoms with E-state index in [2.05, 4.69) is 5.32 Å². The molecule has 1 saturated carbocycles. The zero-order chi connectivity index (χ0) is 13.8. The first-order valence-corrected chi connectivity index (χ1v) is 7.19. The normalized spacial score (nSPS) is 23.0. The number of hydrogen-bond donors (Lipinski definition) is 3. The van der Waals surface area contributed by atoms with E-state index in [9.17, 15) is 14.7 Å². The molecule has 2 rings (SSSR count). The number of aliphatic hydroxyl groups is 1. The first-order valence-electron chi connectivity index (χ1n) is 6.37. The highest BCUT2D eigenvalue weighted by Gasteiger charge is 2.23. The lowest BCUT2D eigenvalue weighted by Crippen LogP contribution is -2.36. The van der Waals surface area contributed by atoms with Gasteiger partial charge in [-0.25, -0.2) is 4.79 Å². The van der Waals surface area contributed by atoms with Gasteiger partial charge in [0.2, 0.25) is 0 Å². The molecule has 1 fully saturated rings. The Bertz CT molecular complexity index is 471. The third kappa shape index (κ3) is 3.54. The number of nitrogens with one attached hydrogen (secondary N) is 1. The highest BCUT2D eigenvalue weighted by Crippen LogP contribution is 2.24. The summed E-state index contributed by atoms with van der Waals surface area (Å²) >= 11 is 0.962. The summed E-state index contributed by atoms with van der Waals surface area (Å²) in [6, 6.07) is 2.94. The molecule has 1 amide bonds. The summed E-state index contributed by atoms with van der Waals surface area (Å²) in [6.07, 6.45) is 3.50. The van der Waals surface area contributed by atoms with Crippen LogP contribution in [0.2, 0.25) is 0 Å². The van der Waals surface area contributed by atoms with E-state index >= 15 is 0 Å². The SMILES string of the molecule is O=C(O)c1ccc(C(=O)NC[C@@H]2CCCC[C@H]2O)s1. The topological polar surface area (TPSA) is 86.6 Å². The van der Waals surface area contributed by atoms with Gasteiger partial charge in [-0.2, -0.15) is 0 Å². The number of carbonyl (C=O) groups is 2. The van der Waals surface area contributed by atoms with Crippen molar-refractivity contribution in [3.05, 3.63) is 21.9 Å². The second kappa shape index (κ2) is 6.16. The van der Waals surface area contributed by atoms with E-state index in [4.69, 9.17) is 5.11 Å². The van der Waals surface area contributed by atoms with Crippen LogP contribution in [0.15, 0.2) is 12.1 Å². The van der Waals surface area contributed by atoms with Gasteiger partial charge < -0.3 is 15.5 Å². The largest absolute Gasteiger partial charge is 0.477 e. The van der Waals surface area contributed by atoms with Gasteiger partial charge >= 0.3 is 5.97 Å². The van der Waals surface area contributed by atoms with Gasteiger partial charge in [0.1, 0.15) is 4.88 Å². The van der Waals surface area contributed by atoms with Crippen molar-refractivity contribution in [3.63, 3.8) is 0 Å². The van der Waals surface area contributed by atoms with E-state index in [0.717, 1.165) is 37.0 Å². The molecule has 0 aliphatic heterocycles. The summed E-state index contributed by atoms with van der Waals surface area (Å²) in [5.74, 6) is -1.18. The van der Waals surface area contributed by atoms with Crippen LogP contribution in [-0.2, 0) is 0 Å². The Kier molecular flexibility index (Phi) is 4.55. The molecule has 104 valence electrons. The van der Waals surface area contributed by atoms with Crippen LogP contribution in [0.4, 0.5) is 0 Å². The fraction of sp³-hybridized carbons (Fsp3) is 0.538. The summed E-state index contributed by atoms with van der Waals surface area (Å²) in [7, 11) is 0. The molecule has 6 heteroatoms. The van der Waals surface area contributed by atoms with Crippen LogP contribution in [0.1, 0.15) is 45.0 Å². The summed E-state index contributed by atoms with van der Waals surface area (Å²) < 4.78 is 0. The van der Waals surface area contributed by atoms with Crippen LogP contribution in [0.5, 0.6) is 0 Å². The van der Waals surface area contributed by atoms with E-state index in [1.807, 2.05) is 0 Å². The van der Waals surface area contributed by atoms with Crippen molar-refractivity contribution in [2.75, 3.05) is 6.54 Å². The average molecular weight is 283 g/mol. The Morgan fingerprint density at radius 2 is 1.95 bits per heavy atom. The number of thiophene rings is 1. The number of aromatic carboxylic acids is 1. The van der Waals surface area contributed by atoms with Gasteiger partial charge in [0.25, 0.3) is 5.91 Å². The zero-order valence-electron chi connectivity index (χ0n) is 10.5. The van der Waals surface area contributed by atoms with Crippen LogP contribution in [-0.4, -0.2) is 34.7 Å². The number of hydrogen-bond acceptors (Lipinski definition) is 4. The summed E-state index contributed by atoms with van der Waals surface area (Å²) in [4.78, 5) is 23.1. The Balaban J connectivity index is 1.88. The maximum absolute atomic E-state index is 11.9. The minimum Gasteiger partial charge on any atom is -0.477 e. The van der Waals surface area contributed by atoms with Crippen molar-refractivity contribution in [2.45, 2.75) is 31.8 Å². The van der Waals surface area contributed by atoms with Gasteiger partial charge in [-0.15, -0.1) is 11.3 Å². The van der Waals surface area contributed by atoms with Crippen molar-refractivity contribution in [1.29, 1.82) is 0 Å². The zero-order valence-corrected chi connectivity index (χ0v) is 11.3. The molecular weight excluding hydrogens is 266 g/mol. The molecular formula is C13H17NO4S. The predicted molar refractivity (Wildman–Crippen MR) is 71.6 cm³/mol. The van der Waals surface area contributed by atoms with E-state index < -0.39 is 5.97 Å². The molecule has 0 radical (unpaired) electrons. The van der Waals surface area contributed by atoms with Crippen molar-refractivity contribution in [3.8, 4) is 0 Å². The quantitative estimate of drug-likeness (QED) is 0.785. The lowest BCUT2D eigenvalue weighted by Gasteiger charge is -2.27. The third-order valence-corrected chi connectivity index (χ3v) is 4.51. The van der Waals surface area contributed by atoms with Crippen LogP contribution in [0.25, 0.3) is 0 Å². The molecule has 1 aliphatic carbocycles. The van der Waals surface area contributed by atoms with Crippen molar-refractivity contribution >= 4 is 23.2 Å². The van der Waals surface area contributed by atoms with Gasteiger partial charge in [0, 0.05) is 12.5 Å². The highest BCUT2D eigenvalue weighted by molar-refractivity contribution is 7.15. The maximum Gasteiger partial charge on any atom is 0.345 e. The molecule has 1 aromatic heterocycles. The molecule has 1 aliphatic rings. The summed E-state index contributed by atoms with van der Waals surface area (Å²) in [5.41, 5.74) is 0. The lowest BCUT2D eigenvalue weighted by atomic mass is 9.86. The Morgan fingerprint density at radius 3 is 2.58 bits per heavy atom. The van der Waals surface area contributed by atoms with E-state index in [-0.39, 0.29) is 22.8 Å². The van der Waals surface area contributed by atoms with Crippen molar-refractivity contribution < 1.29 is 19.8 Å². The number of carbonyl (C=O) groups excluding carboxylic acids is 1. The van der Waals surface area contributed by atoms with Gasteiger partial charge in [0.15, 0.2) is 0 Å². The molecule has 5 nitrogen and oxygen atoms in total. The monoisotopic (exact) mass is 283 g/mol. The Morgan fingerprint density at radius 1 is 1.26 bits per heavy atom. The van der Waals surface area contributed by atoms with Crippen molar-refractivity contribution in [2.24, 2.45) is 5.92 Å². The number of carboxylic acids is 1. The summed E-state index contributed by atoms with van der Waals surface area (Å²) in [5, 5.41) is 21.4. The van der Waals surface area contributed by atoms with Gasteiger partial charge in [-0.1, -0.05) is 12.8 Å². The standard InChI is InChI=1S/C13H17NO4S/c15-9-4-2-1-3-8(9)7-14-12(16)10-5-6-11(19-10)13(17)18/h5-6,8-9,15H,1-4,7H2,(H,14,16)(H,17,18)/t8-,9+/m0/s1. The second-order valence-electron chi connectivity index (χ2n) is 4.79. The van der Waals surface area contributed by atoms with Crippen LogP contribution in [0, 0.1) is 5.92 Å². The molecule has 2 atom stereocenters. The van der Waals surface area contributed by atoms with E-state index in [1.54, 1.807) is 0 Å². The Hall–Kier alpha value is -1.40. The van der Waals surface area contributed by atoms with Crippen LogP contribution >= 0.6 is 11.3 Å². The number of aliphatic hydroxyl groups excluding tert-OH is 1. The fourth-order valence-electron chi connectivity index (χ4n) is 2.31. The highest BCUT2D eigenvalue weighted by atomic mass is 32.1. The van der Waals surface area contributed by atoms with E-state index in [1.165, 1.54) is 12.1 Å². The van der Waals surface area contributed by atoms with Gasteiger partial charge in [0.05, 0.1) is 11.0 Å². The number of rotatable bonds is 4. The smallest absolute Gasteiger partial charge is 0.345 e. The first kappa shape index (κ1) is 14.0. The molecule has 0 spiro atoms. The van der Waals surface area contributed by atoms with Crippen LogP contribution < -0.4 is 5.32 Å². The molecule has 0 saturated heterocycles. The van der Waals surface area contributed by atoms with Gasteiger partial charge in [-0.3, -0.25) is 4.79 Å². The number of amides is 1. The molecule has 0 unspecified atom stereocenters. The Labute approximate surface area is 115 Å². The minimum absolute atomic E-state index is 0.108. The van der Waals surface area contributed by atoms with Crippen molar-refractivity contribution in [1.82, 2.24) is 5.32 Å². The fourth-order valence-corrected chi connectivity index (χ4v) is 3.07. The lowest BCUT2D eigenvalue weighted by molar-refractivity contribution is 0.0662.